The van der Waals surface area contributed by atoms with Gasteiger partial charge in [-0.25, -0.2) is 0 Å². The van der Waals surface area contributed by atoms with Crippen molar-refractivity contribution in [2.24, 2.45) is 0 Å². The Morgan fingerprint density at radius 2 is 2.35 bits per heavy atom. The summed E-state index contributed by atoms with van der Waals surface area (Å²) in [6.45, 7) is 1.87. The second kappa shape index (κ2) is 4.53. The van der Waals surface area contributed by atoms with Crippen LogP contribution in [0, 0.1) is 10.1 Å². The van der Waals surface area contributed by atoms with E-state index in [4.69, 9.17) is 4.74 Å². The predicted octanol–water partition coefficient (Wildman–Crippen LogP) is 1.92. The van der Waals surface area contributed by atoms with Crippen molar-refractivity contribution in [1.29, 1.82) is 0 Å². The number of nitrogens with zero attached hydrogens (tertiary/aromatic N) is 1. The average Bonchev–Trinajstić information content (AvgIpc) is 2.27. The van der Waals surface area contributed by atoms with Crippen molar-refractivity contribution in [2.75, 3.05) is 6.61 Å². The number of fused-ring (bicyclic) bond motifs is 1. The Morgan fingerprint density at radius 3 is 3.00 bits per heavy atom. The van der Waals surface area contributed by atoms with Gasteiger partial charge in [0, 0.05) is 11.3 Å². The summed E-state index contributed by atoms with van der Waals surface area (Å²) in [4.78, 5) is 21.7. The molecule has 0 N–H and O–H groups in total. The fourth-order valence-corrected chi connectivity index (χ4v) is 2.04. The molecule has 0 fully saturated rings. The molecule has 17 heavy (non-hydrogen) atoms. The van der Waals surface area contributed by atoms with E-state index in [0.29, 0.717) is 30.8 Å². The van der Waals surface area contributed by atoms with Crippen LogP contribution in [0.4, 0.5) is 0 Å². The van der Waals surface area contributed by atoms with Crippen LogP contribution in [0.2, 0.25) is 0 Å². The van der Waals surface area contributed by atoms with Gasteiger partial charge in [-0.15, -0.1) is 0 Å². The van der Waals surface area contributed by atoms with Crippen LogP contribution in [0.15, 0.2) is 18.2 Å². The smallest absolute Gasteiger partial charge is 0.244 e. The summed E-state index contributed by atoms with van der Waals surface area (Å²) in [6.07, 6.45) is 0.682. The third kappa shape index (κ3) is 2.43. The number of carbonyl (C=O) groups excluding carboxylic acids is 1. The van der Waals surface area contributed by atoms with Crippen LogP contribution in [-0.4, -0.2) is 17.3 Å². The number of rotatable bonds is 3. The fraction of sp³-hybridized carbons (Fsp3) is 0.417. The maximum atomic E-state index is 11.0. The summed E-state index contributed by atoms with van der Waals surface area (Å²) in [5.41, 5.74) is 1.38. The van der Waals surface area contributed by atoms with Gasteiger partial charge in [0.1, 0.15) is 11.5 Å². The fourth-order valence-electron chi connectivity index (χ4n) is 2.04. The minimum Gasteiger partial charge on any atom is -0.493 e. The van der Waals surface area contributed by atoms with Gasteiger partial charge in [-0.3, -0.25) is 14.9 Å². The van der Waals surface area contributed by atoms with Crippen LogP contribution in [0.5, 0.6) is 5.75 Å². The molecular weight excluding hydrogens is 222 g/mol. The first-order valence-electron chi connectivity index (χ1n) is 5.46. The van der Waals surface area contributed by atoms with Crippen LogP contribution in [0.3, 0.4) is 0 Å². The van der Waals surface area contributed by atoms with E-state index < -0.39 is 6.04 Å². The van der Waals surface area contributed by atoms with Crippen molar-refractivity contribution in [3.63, 3.8) is 0 Å². The number of nitro groups is 1. The van der Waals surface area contributed by atoms with E-state index in [1.165, 1.54) is 6.92 Å². The zero-order valence-corrected chi connectivity index (χ0v) is 9.51. The SMILES string of the molecule is CC(=O)Cc1ccc2c(c1)C([N+](=O)[O-])CCO2. The summed E-state index contributed by atoms with van der Waals surface area (Å²) in [7, 11) is 0. The van der Waals surface area contributed by atoms with Crippen LogP contribution >= 0.6 is 0 Å². The number of benzene rings is 1. The Morgan fingerprint density at radius 1 is 1.59 bits per heavy atom. The third-order valence-electron chi connectivity index (χ3n) is 2.79. The second-order valence-corrected chi connectivity index (χ2v) is 4.19. The molecule has 0 saturated heterocycles. The molecule has 1 heterocycles. The zero-order chi connectivity index (χ0) is 12.4. The van der Waals surface area contributed by atoms with E-state index in [1.807, 2.05) is 0 Å². The summed E-state index contributed by atoms with van der Waals surface area (Å²) in [5.74, 6) is 0.601. The Kier molecular flexibility index (Phi) is 3.08. The normalized spacial score (nSPS) is 18.1. The van der Waals surface area contributed by atoms with Gasteiger partial charge in [0.25, 0.3) is 0 Å². The molecule has 1 unspecified atom stereocenters. The lowest BCUT2D eigenvalue weighted by molar-refractivity contribution is -0.531. The Labute approximate surface area is 98.5 Å². The van der Waals surface area contributed by atoms with E-state index >= 15 is 0 Å². The van der Waals surface area contributed by atoms with Gasteiger partial charge >= 0.3 is 0 Å². The molecule has 0 radical (unpaired) electrons. The van der Waals surface area contributed by atoms with Crippen LogP contribution in [-0.2, 0) is 11.2 Å². The molecule has 1 aliphatic heterocycles. The minimum absolute atomic E-state index is 0.0410. The molecule has 0 aliphatic carbocycles. The van der Waals surface area contributed by atoms with E-state index in [0.717, 1.165) is 5.56 Å². The van der Waals surface area contributed by atoms with Gasteiger partial charge in [-0.2, -0.15) is 0 Å². The zero-order valence-electron chi connectivity index (χ0n) is 9.51. The highest BCUT2D eigenvalue weighted by molar-refractivity contribution is 5.78. The first-order chi connectivity index (χ1) is 8.08. The summed E-state index contributed by atoms with van der Waals surface area (Å²) in [6, 6.07) is 4.49. The van der Waals surface area contributed by atoms with Gasteiger partial charge in [0.15, 0.2) is 0 Å². The van der Waals surface area contributed by atoms with Crippen molar-refractivity contribution in [3.05, 3.63) is 39.4 Å². The third-order valence-corrected chi connectivity index (χ3v) is 2.79. The van der Waals surface area contributed by atoms with E-state index in [2.05, 4.69) is 0 Å². The van der Waals surface area contributed by atoms with Crippen molar-refractivity contribution in [2.45, 2.75) is 25.8 Å². The summed E-state index contributed by atoms with van der Waals surface area (Å²) >= 11 is 0. The highest BCUT2D eigenvalue weighted by atomic mass is 16.6. The standard InChI is InChI=1S/C12H13NO4/c1-8(14)6-9-2-3-12-10(7-9)11(13(15)16)4-5-17-12/h2-3,7,11H,4-6H2,1H3. The molecule has 1 aliphatic rings. The van der Waals surface area contributed by atoms with E-state index in [1.54, 1.807) is 18.2 Å². The molecule has 2 rings (SSSR count). The van der Waals surface area contributed by atoms with Crippen molar-refractivity contribution in [3.8, 4) is 5.75 Å². The molecule has 90 valence electrons. The van der Waals surface area contributed by atoms with Crippen molar-refractivity contribution < 1.29 is 14.5 Å². The molecule has 1 atom stereocenters. The van der Waals surface area contributed by atoms with Gasteiger partial charge < -0.3 is 4.74 Å². The molecule has 0 saturated carbocycles. The van der Waals surface area contributed by atoms with Crippen LogP contribution in [0.1, 0.15) is 30.5 Å². The second-order valence-electron chi connectivity index (χ2n) is 4.19. The molecular formula is C12H13NO4. The number of Topliss-reactive ketones (excluding diaryl/α,β-unsaturated/α-hetero) is 1. The van der Waals surface area contributed by atoms with Crippen LogP contribution < -0.4 is 4.74 Å². The van der Waals surface area contributed by atoms with E-state index in [-0.39, 0.29) is 10.7 Å². The molecule has 0 amide bonds. The molecule has 1 aromatic rings. The van der Waals surface area contributed by atoms with Crippen molar-refractivity contribution >= 4 is 5.78 Å². The number of ketones is 1. The van der Waals surface area contributed by atoms with Gasteiger partial charge in [0.2, 0.25) is 6.04 Å². The average molecular weight is 235 g/mol. The van der Waals surface area contributed by atoms with Crippen LogP contribution in [0.25, 0.3) is 0 Å². The molecule has 0 bridgehead atoms. The first-order valence-corrected chi connectivity index (χ1v) is 5.46. The minimum atomic E-state index is -0.717. The lowest BCUT2D eigenvalue weighted by Crippen LogP contribution is -2.20. The predicted molar refractivity (Wildman–Crippen MR) is 60.7 cm³/mol. The Balaban J connectivity index is 2.36. The summed E-state index contributed by atoms with van der Waals surface area (Å²) < 4.78 is 5.37. The maximum Gasteiger partial charge on any atom is 0.244 e. The number of hydrogen-bond donors (Lipinski definition) is 0. The number of hydrogen-bond acceptors (Lipinski definition) is 4. The molecule has 0 spiro atoms. The molecule has 5 nitrogen and oxygen atoms in total. The highest BCUT2D eigenvalue weighted by Crippen LogP contribution is 2.34. The quantitative estimate of drug-likeness (QED) is 0.592. The van der Waals surface area contributed by atoms with Crippen molar-refractivity contribution in [1.82, 2.24) is 0 Å². The largest absolute Gasteiger partial charge is 0.493 e. The van der Waals surface area contributed by atoms with E-state index in [9.17, 15) is 14.9 Å². The molecule has 1 aromatic carbocycles. The lowest BCUT2D eigenvalue weighted by Gasteiger charge is -2.20. The van der Waals surface area contributed by atoms with Gasteiger partial charge in [0.05, 0.1) is 18.6 Å². The lowest BCUT2D eigenvalue weighted by atomic mass is 9.97. The molecule has 0 aromatic heterocycles. The highest BCUT2D eigenvalue weighted by Gasteiger charge is 2.30. The number of carbonyl (C=O) groups is 1. The molecule has 5 heteroatoms. The summed E-state index contributed by atoms with van der Waals surface area (Å²) in [5, 5.41) is 10.9. The Bertz CT molecular complexity index is 470. The maximum absolute atomic E-state index is 11.0. The number of ether oxygens (including phenoxy) is 1. The Hall–Kier alpha value is -1.91. The monoisotopic (exact) mass is 235 g/mol. The first kappa shape index (κ1) is 11.6. The van der Waals surface area contributed by atoms with Gasteiger partial charge in [-0.05, 0) is 24.6 Å². The topological polar surface area (TPSA) is 69.4 Å². The van der Waals surface area contributed by atoms with Gasteiger partial charge in [-0.1, -0.05) is 6.07 Å².